The van der Waals surface area contributed by atoms with Crippen LogP contribution in [0.3, 0.4) is 0 Å². The van der Waals surface area contributed by atoms with Crippen LogP contribution in [0.2, 0.25) is 0 Å². The van der Waals surface area contributed by atoms with E-state index in [4.69, 9.17) is 4.74 Å². The summed E-state index contributed by atoms with van der Waals surface area (Å²) in [7, 11) is 2.09. The Labute approximate surface area is 149 Å². The van der Waals surface area contributed by atoms with Gasteiger partial charge in [0.05, 0.1) is 12.5 Å². The summed E-state index contributed by atoms with van der Waals surface area (Å²) in [6, 6.07) is 8.14. The number of hydrogen-bond donors (Lipinski definition) is 1. The molecular formula is C19H27N3O3. The molecule has 2 amide bonds. The number of ether oxygens (including phenoxy) is 1. The molecule has 0 spiro atoms. The number of benzene rings is 1. The topological polar surface area (TPSA) is 61.9 Å². The molecule has 1 heterocycles. The van der Waals surface area contributed by atoms with Gasteiger partial charge in [-0.25, -0.2) is 0 Å². The summed E-state index contributed by atoms with van der Waals surface area (Å²) in [6.07, 6.45) is 2.80. The number of hydrogen-bond acceptors (Lipinski definition) is 4. The second kappa shape index (κ2) is 7.87. The van der Waals surface area contributed by atoms with Gasteiger partial charge in [0.25, 0.3) is 0 Å². The fourth-order valence-electron chi connectivity index (χ4n) is 3.22. The van der Waals surface area contributed by atoms with Gasteiger partial charge in [0.2, 0.25) is 11.8 Å². The van der Waals surface area contributed by atoms with Crippen LogP contribution in [0, 0.1) is 5.92 Å². The predicted octanol–water partition coefficient (Wildman–Crippen LogP) is 1.65. The second-order valence-electron chi connectivity index (χ2n) is 6.84. The average molecular weight is 345 g/mol. The Morgan fingerprint density at radius 1 is 1.32 bits per heavy atom. The Bertz CT molecular complexity index is 613. The third kappa shape index (κ3) is 4.51. The first-order valence-electron chi connectivity index (χ1n) is 9.09. The van der Waals surface area contributed by atoms with Gasteiger partial charge in [-0.1, -0.05) is 0 Å². The van der Waals surface area contributed by atoms with Crippen molar-refractivity contribution >= 4 is 17.5 Å². The van der Waals surface area contributed by atoms with Crippen LogP contribution in [-0.2, 0) is 9.59 Å². The van der Waals surface area contributed by atoms with Gasteiger partial charge in [-0.05, 0) is 51.1 Å². The Balaban J connectivity index is 1.49. The number of rotatable bonds is 8. The Morgan fingerprint density at radius 3 is 2.68 bits per heavy atom. The van der Waals surface area contributed by atoms with Crippen molar-refractivity contribution in [2.75, 3.05) is 38.2 Å². The van der Waals surface area contributed by atoms with Crippen molar-refractivity contribution in [2.24, 2.45) is 5.92 Å². The molecule has 2 fully saturated rings. The number of likely N-dealkylation sites (N-methyl/N-ethyl adjacent to an activating group) is 1. The molecule has 6 heteroatoms. The minimum Gasteiger partial charge on any atom is -0.494 e. The van der Waals surface area contributed by atoms with Crippen LogP contribution < -0.4 is 15.0 Å². The highest BCUT2D eigenvalue weighted by molar-refractivity contribution is 6.00. The van der Waals surface area contributed by atoms with Gasteiger partial charge >= 0.3 is 0 Å². The molecule has 1 N–H and O–H groups in total. The van der Waals surface area contributed by atoms with Crippen molar-refractivity contribution < 1.29 is 14.3 Å². The van der Waals surface area contributed by atoms with Crippen LogP contribution in [0.25, 0.3) is 0 Å². The van der Waals surface area contributed by atoms with Crippen LogP contribution >= 0.6 is 0 Å². The van der Waals surface area contributed by atoms with E-state index < -0.39 is 0 Å². The standard InChI is InChI=1S/C19H27N3O3/c1-3-25-17-8-6-16(7-9-17)22-13-14(12-18(22)23)19(24)20-10-11-21(2)15-4-5-15/h6-9,14-15H,3-5,10-13H2,1-2H3,(H,20,24)/t14-/m1/s1. The maximum absolute atomic E-state index is 12.3. The summed E-state index contributed by atoms with van der Waals surface area (Å²) >= 11 is 0. The molecule has 136 valence electrons. The summed E-state index contributed by atoms with van der Waals surface area (Å²) in [5.41, 5.74) is 0.817. The molecule has 1 aliphatic heterocycles. The van der Waals surface area contributed by atoms with Gasteiger partial charge in [-0.3, -0.25) is 9.59 Å². The van der Waals surface area contributed by atoms with Crippen molar-refractivity contribution in [3.63, 3.8) is 0 Å². The van der Waals surface area contributed by atoms with Crippen molar-refractivity contribution in [1.29, 1.82) is 0 Å². The van der Waals surface area contributed by atoms with Crippen molar-refractivity contribution in [1.82, 2.24) is 10.2 Å². The van der Waals surface area contributed by atoms with Gasteiger partial charge in [0, 0.05) is 37.8 Å². The lowest BCUT2D eigenvalue weighted by atomic mass is 10.1. The molecule has 0 radical (unpaired) electrons. The lowest BCUT2D eigenvalue weighted by Crippen LogP contribution is -2.38. The fourth-order valence-corrected chi connectivity index (χ4v) is 3.22. The van der Waals surface area contributed by atoms with Crippen molar-refractivity contribution in [3.05, 3.63) is 24.3 Å². The summed E-state index contributed by atoms with van der Waals surface area (Å²) in [4.78, 5) is 28.6. The van der Waals surface area contributed by atoms with E-state index in [-0.39, 0.29) is 24.2 Å². The Morgan fingerprint density at radius 2 is 2.04 bits per heavy atom. The number of amides is 2. The Kier molecular flexibility index (Phi) is 5.58. The van der Waals surface area contributed by atoms with Gasteiger partial charge in [-0.15, -0.1) is 0 Å². The zero-order valence-corrected chi connectivity index (χ0v) is 15.0. The third-order valence-corrected chi connectivity index (χ3v) is 4.89. The predicted molar refractivity (Wildman–Crippen MR) is 96.7 cm³/mol. The molecule has 2 aliphatic rings. The number of carbonyl (C=O) groups is 2. The lowest BCUT2D eigenvalue weighted by Gasteiger charge is -2.18. The van der Waals surface area contributed by atoms with E-state index in [1.54, 1.807) is 4.90 Å². The van der Waals surface area contributed by atoms with E-state index in [0.717, 1.165) is 18.0 Å². The summed E-state index contributed by atoms with van der Waals surface area (Å²) in [5.74, 6) is 0.489. The van der Waals surface area contributed by atoms with Crippen LogP contribution in [0.1, 0.15) is 26.2 Å². The zero-order chi connectivity index (χ0) is 17.8. The summed E-state index contributed by atoms with van der Waals surface area (Å²) in [5, 5.41) is 2.98. The molecule has 25 heavy (non-hydrogen) atoms. The van der Waals surface area contributed by atoms with E-state index in [1.807, 2.05) is 31.2 Å². The maximum atomic E-state index is 12.3. The molecule has 1 aromatic carbocycles. The number of anilines is 1. The van der Waals surface area contributed by atoms with E-state index >= 15 is 0 Å². The minimum atomic E-state index is -0.273. The Hall–Kier alpha value is -2.08. The summed E-state index contributed by atoms with van der Waals surface area (Å²) in [6.45, 7) is 4.49. The van der Waals surface area contributed by atoms with E-state index in [1.165, 1.54) is 12.8 Å². The molecule has 0 unspecified atom stereocenters. The molecule has 0 aromatic heterocycles. The average Bonchev–Trinajstić information content (AvgIpc) is 3.38. The van der Waals surface area contributed by atoms with Crippen molar-refractivity contribution in [3.8, 4) is 5.75 Å². The molecule has 1 atom stereocenters. The van der Waals surface area contributed by atoms with Crippen LogP contribution in [0.5, 0.6) is 5.75 Å². The van der Waals surface area contributed by atoms with Crippen molar-refractivity contribution in [2.45, 2.75) is 32.2 Å². The second-order valence-corrected chi connectivity index (χ2v) is 6.84. The van der Waals surface area contributed by atoms with Gasteiger partial charge < -0.3 is 19.9 Å². The monoisotopic (exact) mass is 345 g/mol. The first-order valence-corrected chi connectivity index (χ1v) is 9.09. The lowest BCUT2D eigenvalue weighted by molar-refractivity contribution is -0.126. The number of carbonyl (C=O) groups excluding carboxylic acids is 2. The van der Waals surface area contributed by atoms with E-state index in [9.17, 15) is 9.59 Å². The number of nitrogens with one attached hydrogen (secondary N) is 1. The molecule has 3 rings (SSSR count). The smallest absolute Gasteiger partial charge is 0.227 e. The molecule has 0 bridgehead atoms. The molecule has 1 saturated carbocycles. The third-order valence-electron chi connectivity index (χ3n) is 4.89. The quantitative estimate of drug-likeness (QED) is 0.778. The highest BCUT2D eigenvalue weighted by Gasteiger charge is 2.35. The van der Waals surface area contributed by atoms with Gasteiger partial charge in [-0.2, -0.15) is 0 Å². The molecule has 1 aromatic rings. The van der Waals surface area contributed by atoms with Crippen LogP contribution in [0.15, 0.2) is 24.3 Å². The molecule has 1 saturated heterocycles. The van der Waals surface area contributed by atoms with E-state index in [2.05, 4.69) is 17.3 Å². The normalized spacial score (nSPS) is 20.2. The largest absolute Gasteiger partial charge is 0.494 e. The van der Waals surface area contributed by atoms with Crippen LogP contribution in [0.4, 0.5) is 5.69 Å². The fraction of sp³-hybridized carbons (Fsp3) is 0.579. The SMILES string of the molecule is CCOc1ccc(N2C[C@H](C(=O)NCCN(C)C3CC3)CC2=O)cc1. The highest BCUT2D eigenvalue weighted by Crippen LogP contribution is 2.27. The number of nitrogens with zero attached hydrogens (tertiary/aromatic N) is 2. The molecule has 1 aliphatic carbocycles. The molecular weight excluding hydrogens is 318 g/mol. The van der Waals surface area contributed by atoms with Gasteiger partial charge in [0.1, 0.15) is 5.75 Å². The van der Waals surface area contributed by atoms with Gasteiger partial charge in [0.15, 0.2) is 0 Å². The van der Waals surface area contributed by atoms with E-state index in [0.29, 0.717) is 25.7 Å². The zero-order valence-electron chi connectivity index (χ0n) is 15.0. The minimum absolute atomic E-state index is 0.000548. The maximum Gasteiger partial charge on any atom is 0.227 e. The van der Waals surface area contributed by atoms with Crippen LogP contribution in [-0.4, -0.2) is 56.0 Å². The first kappa shape index (κ1) is 17.7. The first-order chi connectivity index (χ1) is 12.1. The summed E-state index contributed by atoms with van der Waals surface area (Å²) < 4.78 is 5.42. The highest BCUT2D eigenvalue weighted by atomic mass is 16.5. The molecule has 6 nitrogen and oxygen atoms in total.